The number of ether oxygens (including phenoxy) is 2. The summed E-state index contributed by atoms with van der Waals surface area (Å²) in [6.45, 7) is 0.750. The predicted octanol–water partition coefficient (Wildman–Crippen LogP) is 2.42. The van der Waals surface area contributed by atoms with Crippen molar-refractivity contribution in [2.45, 2.75) is 6.10 Å². The molecule has 0 N–H and O–H groups in total. The molecule has 12 heavy (non-hydrogen) atoms. The van der Waals surface area contributed by atoms with Crippen LogP contribution >= 0.6 is 11.6 Å². The second-order valence-corrected chi connectivity index (χ2v) is 3.08. The van der Waals surface area contributed by atoms with Crippen LogP contribution in [0, 0.1) is 0 Å². The van der Waals surface area contributed by atoms with E-state index in [0.717, 1.165) is 22.9 Å². The fraction of sp³-hybridized carbons (Fsp3) is 0.333. The molecule has 0 aliphatic carbocycles. The molecule has 1 heterocycles. The Morgan fingerprint density at radius 3 is 2.92 bits per heavy atom. The minimum absolute atomic E-state index is 0.147. The van der Waals surface area contributed by atoms with Crippen LogP contribution in [0.15, 0.2) is 18.2 Å². The van der Waals surface area contributed by atoms with E-state index in [1.807, 2.05) is 18.2 Å². The van der Waals surface area contributed by atoms with Gasteiger partial charge >= 0.3 is 0 Å². The summed E-state index contributed by atoms with van der Waals surface area (Å²) in [6, 6.07) is 5.61. The first-order valence-corrected chi connectivity index (χ1v) is 4.14. The lowest BCUT2D eigenvalue weighted by molar-refractivity contribution is 0.383. The van der Waals surface area contributed by atoms with Crippen LogP contribution in [0.2, 0.25) is 5.02 Å². The normalized spacial score (nSPS) is 20.7. The van der Waals surface area contributed by atoms with E-state index in [4.69, 9.17) is 21.1 Å². The summed E-state index contributed by atoms with van der Waals surface area (Å²) in [4.78, 5) is 0. The highest BCUT2D eigenvalue weighted by Gasteiger charge is 2.30. The quantitative estimate of drug-likeness (QED) is 0.659. The smallest absolute Gasteiger partial charge is 0.126 e. The molecule has 64 valence electrons. The lowest BCUT2D eigenvalue weighted by Crippen LogP contribution is -1.91. The fourth-order valence-electron chi connectivity index (χ4n) is 1.22. The van der Waals surface area contributed by atoms with Gasteiger partial charge in [0.15, 0.2) is 0 Å². The molecule has 3 heteroatoms. The van der Waals surface area contributed by atoms with Crippen molar-refractivity contribution in [2.24, 2.45) is 0 Å². The van der Waals surface area contributed by atoms with Crippen molar-refractivity contribution in [2.75, 3.05) is 13.7 Å². The first-order valence-electron chi connectivity index (χ1n) is 3.77. The molecule has 1 aromatic rings. The maximum atomic E-state index is 5.98. The molecule has 1 aliphatic rings. The number of hydrogen-bond acceptors (Lipinski definition) is 2. The number of rotatable bonds is 2. The number of methoxy groups -OCH3 is 1. The molecule has 1 unspecified atom stereocenters. The molecule has 2 nitrogen and oxygen atoms in total. The molecule has 0 aromatic heterocycles. The van der Waals surface area contributed by atoms with E-state index in [0.29, 0.717) is 0 Å². The van der Waals surface area contributed by atoms with Crippen LogP contribution in [0.3, 0.4) is 0 Å². The molecule has 1 aliphatic heterocycles. The molecule has 0 radical (unpaired) electrons. The third-order valence-electron chi connectivity index (χ3n) is 1.89. The summed E-state index contributed by atoms with van der Waals surface area (Å²) >= 11 is 5.98. The third kappa shape index (κ3) is 1.28. The van der Waals surface area contributed by atoms with Crippen LogP contribution in [0.25, 0.3) is 0 Å². The van der Waals surface area contributed by atoms with Crippen LogP contribution in [0.5, 0.6) is 5.75 Å². The fourth-order valence-corrected chi connectivity index (χ4v) is 1.51. The molecule has 1 aromatic carbocycles. The van der Waals surface area contributed by atoms with Gasteiger partial charge in [-0.1, -0.05) is 17.7 Å². The highest BCUT2D eigenvalue weighted by Crippen LogP contribution is 2.40. The van der Waals surface area contributed by atoms with Gasteiger partial charge in [0.1, 0.15) is 11.9 Å². The van der Waals surface area contributed by atoms with Crippen LogP contribution in [-0.4, -0.2) is 13.7 Å². The maximum absolute atomic E-state index is 5.98. The van der Waals surface area contributed by atoms with Gasteiger partial charge < -0.3 is 9.47 Å². The first kappa shape index (κ1) is 7.90. The molecule has 1 atom stereocenters. The minimum atomic E-state index is 0.147. The zero-order chi connectivity index (χ0) is 8.55. The Hall–Kier alpha value is -0.730. The van der Waals surface area contributed by atoms with E-state index in [1.165, 1.54) is 0 Å². The summed E-state index contributed by atoms with van der Waals surface area (Å²) in [6.07, 6.45) is 0.147. The van der Waals surface area contributed by atoms with Gasteiger partial charge in [0.05, 0.1) is 18.7 Å². The molecule has 0 saturated carbocycles. The lowest BCUT2D eigenvalue weighted by atomic mass is 10.1. The SMILES string of the molecule is COc1cccc(Cl)c1C1CO1. The van der Waals surface area contributed by atoms with Crippen molar-refractivity contribution >= 4 is 11.6 Å². The summed E-state index contributed by atoms with van der Waals surface area (Å²) in [5.74, 6) is 0.810. The molecule has 1 saturated heterocycles. The molecule has 2 rings (SSSR count). The Kier molecular flexibility index (Phi) is 1.95. The van der Waals surface area contributed by atoms with E-state index in [-0.39, 0.29) is 6.10 Å². The van der Waals surface area contributed by atoms with Crippen molar-refractivity contribution in [3.05, 3.63) is 28.8 Å². The second kappa shape index (κ2) is 2.96. The number of halogens is 1. The third-order valence-corrected chi connectivity index (χ3v) is 2.22. The summed E-state index contributed by atoms with van der Waals surface area (Å²) < 4.78 is 10.3. The Balaban J connectivity index is 2.45. The molecule has 1 fully saturated rings. The molecule has 0 spiro atoms. The first-order chi connectivity index (χ1) is 5.83. The average molecular weight is 185 g/mol. The van der Waals surface area contributed by atoms with E-state index in [9.17, 15) is 0 Å². The number of epoxide rings is 1. The van der Waals surface area contributed by atoms with Gasteiger partial charge in [0, 0.05) is 5.56 Å². The Morgan fingerprint density at radius 2 is 2.33 bits per heavy atom. The van der Waals surface area contributed by atoms with Crippen LogP contribution in [0.1, 0.15) is 11.7 Å². The van der Waals surface area contributed by atoms with Crippen molar-refractivity contribution in [3.8, 4) is 5.75 Å². The van der Waals surface area contributed by atoms with Crippen molar-refractivity contribution in [3.63, 3.8) is 0 Å². The Bertz CT molecular complexity index is 295. The Labute approximate surface area is 76.1 Å². The van der Waals surface area contributed by atoms with E-state index >= 15 is 0 Å². The topological polar surface area (TPSA) is 21.8 Å². The van der Waals surface area contributed by atoms with Gasteiger partial charge in [0.25, 0.3) is 0 Å². The monoisotopic (exact) mass is 184 g/mol. The summed E-state index contributed by atoms with van der Waals surface area (Å²) in [5.41, 5.74) is 0.974. The largest absolute Gasteiger partial charge is 0.496 e. The standard InChI is InChI=1S/C9H9ClO2/c1-11-7-4-2-3-6(10)9(7)8-5-12-8/h2-4,8H,5H2,1H3. The van der Waals surface area contributed by atoms with Gasteiger partial charge in [0.2, 0.25) is 0 Å². The van der Waals surface area contributed by atoms with Crippen molar-refractivity contribution in [1.82, 2.24) is 0 Å². The van der Waals surface area contributed by atoms with Gasteiger partial charge in [-0.05, 0) is 12.1 Å². The van der Waals surface area contributed by atoms with Gasteiger partial charge in [-0.2, -0.15) is 0 Å². The summed E-state index contributed by atoms with van der Waals surface area (Å²) in [7, 11) is 1.64. The van der Waals surface area contributed by atoms with E-state index in [1.54, 1.807) is 7.11 Å². The van der Waals surface area contributed by atoms with Crippen molar-refractivity contribution < 1.29 is 9.47 Å². The van der Waals surface area contributed by atoms with Crippen LogP contribution in [0.4, 0.5) is 0 Å². The Morgan fingerprint density at radius 1 is 1.58 bits per heavy atom. The van der Waals surface area contributed by atoms with E-state index in [2.05, 4.69) is 0 Å². The van der Waals surface area contributed by atoms with E-state index < -0.39 is 0 Å². The van der Waals surface area contributed by atoms with Gasteiger partial charge in [-0.15, -0.1) is 0 Å². The van der Waals surface area contributed by atoms with Gasteiger partial charge in [-0.3, -0.25) is 0 Å². The molecule has 0 amide bonds. The minimum Gasteiger partial charge on any atom is -0.496 e. The predicted molar refractivity (Wildman–Crippen MR) is 46.7 cm³/mol. The number of benzene rings is 1. The second-order valence-electron chi connectivity index (χ2n) is 2.68. The zero-order valence-corrected chi connectivity index (χ0v) is 7.47. The highest BCUT2D eigenvalue weighted by molar-refractivity contribution is 6.31. The highest BCUT2D eigenvalue weighted by atomic mass is 35.5. The van der Waals surface area contributed by atoms with Crippen molar-refractivity contribution in [1.29, 1.82) is 0 Å². The molecule has 0 bridgehead atoms. The van der Waals surface area contributed by atoms with Crippen LogP contribution in [-0.2, 0) is 4.74 Å². The lowest BCUT2D eigenvalue weighted by Gasteiger charge is -2.06. The molecular weight excluding hydrogens is 176 g/mol. The molecular formula is C9H9ClO2. The van der Waals surface area contributed by atoms with Gasteiger partial charge in [-0.25, -0.2) is 0 Å². The maximum Gasteiger partial charge on any atom is 0.126 e. The number of hydrogen-bond donors (Lipinski definition) is 0. The van der Waals surface area contributed by atoms with Crippen LogP contribution < -0.4 is 4.74 Å². The average Bonchev–Trinajstić information content (AvgIpc) is 2.87. The zero-order valence-electron chi connectivity index (χ0n) is 6.71. The summed E-state index contributed by atoms with van der Waals surface area (Å²) in [5, 5.41) is 0.719.